The van der Waals surface area contributed by atoms with E-state index in [0.717, 1.165) is 10.4 Å². The van der Waals surface area contributed by atoms with Gasteiger partial charge < -0.3 is 0 Å². The van der Waals surface area contributed by atoms with E-state index in [2.05, 4.69) is 9.82 Å². The molecule has 0 aliphatic rings. The fraction of sp³-hybridized carbons (Fsp3) is 0.278. The van der Waals surface area contributed by atoms with Crippen LogP contribution >= 0.6 is 11.3 Å². The van der Waals surface area contributed by atoms with E-state index in [-0.39, 0.29) is 23.3 Å². The van der Waals surface area contributed by atoms with Crippen LogP contribution in [0.5, 0.6) is 0 Å². The van der Waals surface area contributed by atoms with Gasteiger partial charge in [-0.1, -0.05) is 18.2 Å². The Hall–Kier alpha value is -2.03. The second-order valence-corrected chi connectivity index (χ2v) is 8.85. The van der Waals surface area contributed by atoms with Crippen LogP contribution in [0.3, 0.4) is 0 Å². The van der Waals surface area contributed by atoms with Crippen molar-refractivity contribution in [2.75, 3.05) is 6.54 Å². The monoisotopic (exact) mass is 393 g/mol. The number of halogens is 1. The molecule has 0 fully saturated rings. The molecule has 0 aliphatic carbocycles. The number of thiophene rings is 1. The third-order valence-electron chi connectivity index (χ3n) is 3.89. The molecule has 138 valence electrons. The molecule has 2 aromatic heterocycles. The molecule has 0 radical (unpaired) electrons. The molecule has 3 rings (SSSR count). The number of benzene rings is 1. The zero-order valence-corrected chi connectivity index (χ0v) is 16.1. The summed E-state index contributed by atoms with van der Waals surface area (Å²) < 4.78 is 42.8. The van der Waals surface area contributed by atoms with Crippen LogP contribution < -0.4 is 4.72 Å². The predicted molar refractivity (Wildman–Crippen MR) is 101 cm³/mol. The maximum atomic E-state index is 12.9. The molecule has 1 N–H and O–H groups in total. The van der Waals surface area contributed by atoms with E-state index in [9.17, 15) is 12.8 Å². The van der Waals surface area contributed by atoms with Crippen LogP contribution in [-0.2, 0) is 16.4 Å². The van der Waals surface area contributed by atoms with Crippen LogP contribution in [0.25, 0.3) is 10.6 Å². The summed E-state index contributed by atoms with van der Waals surface area (Å²) in [6.45, 7) is 4.12. The van der Waals surface area contributed by atoms with Crippen LogP contribution in [-0.4, -0.2) is 24.7 Å². The Balaban J connectivity index is 1.81. The van der Waals surface area contributed by atoms with Crippen molar-refractivity contribution >= 4 is 21.4 Å². The van der Waals surface area contributed by atoms with Crippen molar-refractivity contribution in [1.82, 2.24) is 14.5 Å². The number of hydrogen-bond acceptors (Lipinski definition) is 4. The van der Waals surface area contributed by atoms with Gasteiger partial charge in [-0.25, -0.2) is 17.5 Å². The normalized spacial score (nSPS) is 12.0. The van der Waals surface area contributed by atoms with Crippen molar-refractivity contribution in [3.63, 3.8) is 0 Å². The summed E-state index contributed by atoms with van der Waals surface area (Å²) in [4.78, 5) is 0.982. The summed E-state index contributed by atoms with van der Waals surface area (Å²) in [5, 5.41) is 6.35. The first-order valence-corrected chi connectivity index (χ1v) is 10.6. The van der Waals surface area contributed by atoms with Crippen molar-refractivity contribution < 1.29 is 12.8 Å². The largest absolute Gasteiger partial charge is 0.268 e. The summed E-state index contributed by atoms with van der Waals surface area (Å²) in [7, 11) is -3.71. The number of sulfonamides is 1. The van der Waals surface area contributed by atoms with Crippen molar-refractivity contribution in [3.05, 3.63) is 59.4 Å². The first-order valence-electron chi connectivity index (χ1n) is 8.24. The Kier molecular flexibility index (Phi) is 5.55. The zero-order chi connectivity index (χ0) is 18.7. The van der Waals surface area contributed by atoms with Crippen LogP contribution in [0.4, 0.5) is 4.39 Å². The number of hydrogen-bond donors (Lipinski definition) is 1. The highest BCUT2D eigenvalue weighted by Gasteiger charge is 2.24. The van der Waals surface area contributed by atoms with Gasteiger partial charge in [-0.15, -0.1) is 11.3 Å². The molecule has 1 aromatic carbocycles. The van der Waals surface area contributed by atoms with Crippen LogP contribution in [0.2, 0.25) is 0 Å². The molecule has 3 aromatic rings. The van der Waals surface area contributed by atoms with Crippen molar-refractivity contribution in [2.24, 2.45) is 0 Å². The van der Waals surface area contributed by atoms with E-state index in [1.807, 2.05) is 31.4 Å². The molecule has 0 bridgehead atoms. The van der Waals surface area contributed by atoms with Gasteiger partial charge in [-0.2, -0.15) is 5.10 Å². The Morgan fingerprint density at radius 3 is 2.58 bits per heavy atom. The zero-order valence-electron chi connectivity index (χ0n) is 14.5. The van der Waals surface area contributed by atoms with Crippen molar-refractivity contribution in [1.29, 1.82) is 0 Å². The van der Waals surface area contributed by atoms with Gasteiger partial charge in [-0.3, -0.25) is 4.68 Å². The molecule has 26 heavy (non-hydrogen) atoms. The second kappa shape index (κ2) is 7.69. The third-order valence-corrected chi connectivity index (χ3v) is 6.23. The van der Waals surface area contributed by atoms with E-state index >= 15 is 0 Å². The van der Waals surface area contributed by atoms with Gasteiger partial charge in [0.15, 0.2) is 0 Å². The first-order chi connectivity index (χ1) is 12.4. The van der Waals surface area contributed by atoms with Gasteiger partial charge in [0.1, 0.15) is 16.4 Å². The average molecular weight is 394 g/mol. The minimum absolute atomic E-state index is 0.0527. The van der Waals surface area contributed by atoms with Crippen LogP contribution in [0, 0.1) is 5.82 Å². The van der Waals surface area contributed by atoms with Crippen molar-refractivity contribution in [2.45, 2.75) is 31.2 Å². The lowest BCUT2D eigenvalue weighted by molar-refractivity contribution is 0.532. The fourth-order valence-electron chi connectivity index (χ4n) is 2.48. The summed E-state index contributed by atoms with van der Waals surface area (Å²) in [6, 6.07) is 9.81. The summed E-state index contributed by atoms with van der Waals surface area (Å²) >= 11 is 1.45. The quantitative estimate of drug-likeness (QED) is 0.663. The molecule has 2 heterocycles. The molecule has 8 heteroatoms. The molecule has 0 amide bonds. The van der Waals surface area contributed by atoms with E-state index in [4.69, 9.17) is 0 Å². The van der Waals surface area contributed by atoms with Gasteiger partial charge >= 0.3 is 0 Å². The summed E-state index contributed by atoms with van der Waals surface area (Å²) in [5.41, 5.74) is 1.33. The van der Waals surface area contributed by atoms with Crippen molar-refractivity contribution in [3.8, 4) is 10.6 Å². The van der Waals surface area contributed by atoms with E-state index in [1.165, 1.54) is 23.5 Å². The maximum absolute atomic E-state index is 12.9. The summed E-state index contributed by atoms with van der Waals surface area (Å²) in [6.07, 6.45) is 2.05. The highest BCUT2D eigenvalue weighted by molar-refractivity contribution is 7.89. The van der Waals surface area contributed by atoms with Gasteiger partial charge in [0.2, 0.25) is 10.0 Å². The number of nitrogens with zero attached hydrogens (tertiary/aromatic N) is 2. The minimum atomic E-state index is -3.71. The maximum Gasteiger partial charge on any atom is 0.244 e. The van der Waals surface area contributed by atoms with Crippen LogP contribution in [0.1, 0.15) is 25.5 Å². The Morgan fingerprint density at radius 1 is 1.23 bits per heavy atom. The lowest BCUT2D eigenvalue weighted by Gasteiger charge is -2.06. The van der Waals surface area contributed by atoms with E-state index < -0.39 is 10.0 Å². The van der Waals surface area contributed by atoms with Crippen LogP contribution in [0.15, 0.2) is 52.9 Å². The predicted octanol–water partition coefficient (Wildman–Crippen LogP) is 3.85. The molecule has 0 unspecified atom stereocenters. The Bertz CT molecular complexity index is 963. The molecular weight excluding hydrogens is 373 g/mol. The highest BCUT2D eigenvalue weighted by atomic mass is 32.2. The topological polar surface area (TPSA) is 64.0 Å². The minimum Gasteiger partial charge on any atom is -0.268 e. The van der Waals surface area contributed by atoms with Gasteiger partial charge in [-0.05, 0) is 49.4 Å². The first kappa shape index (κ1) is 18.8. The fourth-order valence-corrected chi connectivity index (χ4v) is 4.44. The molecular formula is C18H20FN3O2S2. The van der Waals surface area contributed by atoms with Gasteiger partial charge in [0.25, 0.3) is 0 Å². The lowest BCUT2D eigenvalue weighted by atomic mass is 10.1. The molecule has 0 spiro atoms. The standard InChI is InChI=1S/C18H20FN3O2S2/c1-13(2)22-12-17(18(21-22)16-4-3-11-25-16)26(23,24)20-10-9-14-5-7-15(19)8-6-14/h3-8,11-13,20H,9-10H2,1-2H3. The smallest absolute Gasteiger partial charge is 0.244 e. The Morgan fingerprint density at radius 2 is 1.96 bits per heavy atom. The lowest BCUT2D eigenvalue weighted by Crippen LogP contribution is -2.26. The number of aromatic nitrogens is 2. The van der Waals surface area contributed by atoms with E-state index in [0.29, 0.717) is 12.1 Å². The molecule has 0 atom stereocenters. The molecule has 0 saturated carbocycles. The second-order valence-electron chi connectivity index (χ2n) is 6.17. The third kappa shape index (κ3) is 4.20. The number of rotatable bonds is 7. The average Bonchev–Trinajstić information content (AvgIpc) is 3.26. The molecule has 5 nitrogen and oxygen atoms in total. The highest BCUT2D eigenvalue weighted by Crippen LogP contribution is 2.30. The number of nitrogens with one attached hydrogen (secondary N) is 1. The Labute approximate surface area is 156 Å². The molecule has 0 saturated heterocycles. The molecule has 0 aliphatic heterocycles. The van der Waals surface area contributed by atoms with Gasteiger partial charge in [0, 0.05) is 18.8 Å². The van der Waals surface area contributed by atoms with Gasteiger partial charge in [0.05, 0.1) is 4.88 Å². The van der Waals surface area contributed by atoms with E-state index in [1.54, 1.807) is 23.0 Å². The summed E-state index contributed by atoms with van der Waals surface area (Å²) in [5.74, 6) is -0.309. The SMILES string of the molecule is CC(C)n1cc(S(=O)(=O)NCCc2ccc(F)cc2)c(-c2cccs2)n1.